The predicted molar refractivity (Wildman–Crippen MR) is 115 cm³/mol. The Hall–Kier alpha value is -3.45. The molecule has 0 unspecified atom stereocenters. The van der Waals surface area contributed by atoms with E-state index in [1.165, 1.54) is 12.1 Å². The monoisotopic (exact) mass is 437 g/mol. The summed E-state index contributed by atoms with van der Waals surface area (Å²) in [6.45, 7) is 1.28. The van der Waals surface area contributed by atoms with Gasteiger partial charge < -0.3 is 19.9 Å². The summed E-state index contributed by atoms with van der Waals surface area (Å²) in [6.07, 6.45) is 1.44. The van der Waals surface area contributed by atoms with Gasteiger partial charge in [-0.05, 0) is 78.4 Å². The van der Waals surface area contributed by atoms with Crippen LogP contribution in [0.4, 0.5) is 14.5 Å². The van der Waals surface area contributed by atoms with E-state index < -0.39 is 23.7 Å². The van der Waals surface area contributed by atoms with Gasteiger partial charge >= 0.3 is 0 Å². The standard InChI is InChI=1S/C25H21F2NO4/c1-14-2-4-17(11-18(14)15-8-20(26)19(12-29)21(27)9-15)28-24(30)25(6-7-25)16-3-5-22-23(10-16)32-13-31-22/h2-5,8-11,29H,6-7,12-13H2,1H3,(H,28,30). The number of hydrogen-bond acceptors (Lipinski definition) is 4. The van der Waals surface area contributed by atoms with E-state index in [9.17, 15) is 13.6 Å². The van der Waals surface area contributed by atoms with Crippen LogP contribution in [0.5, 0.6) is 11.5 Å². The first kappa shape index (κ1) is 20.5. The number of fused-ring (bicyclic) bond motifs is 1. The summed E-state index contributed by atoms with van der Waals surface area (Å²) >= 11 is 0. The van der Waals surface area contributed by atoms with Gasteiger partial charge in [0.1, 0.15) is 11.6 Å². The van der Waals surface area contributed by atoms with Gasteiger partial charge in [0, 0.05) is 11.3 Å². The molecule has 5 nitrogen and oxygen atoms in total. The molecule has 1 fully saturated rings. The van der Waals surface area contributed by atoms with E-state index in [2.05, 4.69) is 5.32 Å². The lowest BCUT2D eigenvalue weighted by Crippen LogP contribution is -2.27. The van der Waals surface area contributed by atoms with Crippen molar-refractivity contribution in [3.63, 3.8) is 0 Å². The molecular formula is C25H21F2NO4. The number of nitrogens with one attached hydrogen (secondary N) is 1. The number of aliphatic hydroxyl groups excluding tert-OH is 1. The molecule has 1 amide bonds. The van der Waals surface area contributed by atoms with Crippen molar-refractivity contribution >= 4 is 11.6 Å². The number of anilines is 1. The third kappa shape index (κ3) is 3.39. The minimum Gasteiger partial charge on any atom is -0.454 e. The van der Waals surface area contributed by atoms with E-state index in [4.69, 9.17) is 14.6 Å². The molecule has 0 spiro atoms. The summed E-state index contributed by atoms with van der Waals surface area (Å²) in [5, 5.41) is 12.1. The maximum atomic E-state index is 14.2. The highest BCUT2D eigenvalue weighted by atomic mass is 19.1. The third-order valence-electron chi connectivity index (χ3n) is 6.22. The molecule has 0 atom stereocenters. The number of amides is 1. The van der Waals surface area contributed by atoms with Gasteiger partial charge in [-0.2, -0.15) is 0 Å². The number of benzene rings is 3. The fraction of sp³-hybridized carbons (Fsp3) is 0.240. The molecule has 1 aliphatic heterocycles. The molecule has 0 bridgehead atoms. The highest BCUT2D eigenvalue weighted by molar-refractivity contribution is 6.02. The first-order valence-electron chi connectivity index (χ1n) is 10.3. The Morgan fingerprint density at radius 2 is 1.75 bits per heavy atom. The number of carbonyl (C=O) groups excluding carboxylic acids is 1. The zero-order valence-electron chi connectivity index (χ0n) is 17.4. The first-order valence-corrected chi connectivity index (χ1v) is 10.3. The zero-order valence-corrected chi connectivity index (χ0v) is 17.4. The molecule has 2 aliphatic rings. The summed E-state index contributed by atoms with van der Waals surface area (Å²) in [6, 6.07) is 13.2. The van der Waals surface area contributed by atoms with E-state index >= 15 is 0 Å². The van der Waals surface area contributed by atoms with Crippen LogP contribution in [0.25, 0.3) is 11.1 Å². The lowest BCUT2D eigenvalue weighted by molar-refractivity contribution is -0.118. The Kier molecular flexibility index (Phi) is 4.86. The minimum absolute atomic E-state index is 0.140. The van der Waals surface area contributed by atoms with Crippen molar-refractivity contribution in [2.75, 3.05) is 12.1 Å². The summed E-state index contributed by atoms with van der Waals surface area (Å²) in [7, 11) is 0. The Morgan fingerprint density at radius 1 is 1.03 bits per heavy atom. The third-order valence-corrected chi connectivity index (χ3v) is 6.22. The van der Waals surface area contributed by atoms with Crippen molar-refractivity contribution in [3.05, 3.63) is 76.9 Å². The normalized spacial score (nSPS) is 15.5. The molecular weight excluding hydrogens is 416 g/mol. The van der Waals surface area contributed by atoms with Crippen LogP contribution in [0, 0.1) is 18.6 Å². The van der Waals surface area contributed by atoms with Gasteiger partial charge in [-0.3, -0.25) is 4.79 Å². The molecule has 32 heavy (non-hydrogen) atoms. The van der Waals surface area contributed by atoms with Gasteiger partial charge in [-0.25, -0.2) is 8.78 Å². The molecule has 5 rings (SSSR count). The molecule has 0 saturated heterocycles. The predicted octanol–water partition coefficient (Wildman–Crippen LogP) is 4.83. The van der Waals surface area contributed by atoms with Crippen LogP contribution < -0.4 is 14.8 Å². The van der Waals surface area contributed by atoms with Gasteiger partial charge in [0.2, 0.25) is 12.7 Å². The molecule has 1 heterocycles. The number of hydrogen-bond donors (Lipinski definition) is 2. The van der Waals surface area contributed by atoms with Crippen molar-refractivity contribution in [1.82, 2.24) is 0 Å². The van der Waals surface area contributed by atoms with Gasteiger partial charge in [-0.15, -0.1) is 0 Å². The first-order chi connectivity index (χ1) is 15.4. The van der Waals surface area contributed by atoms with Gasteiger partial charge in [0.15, 0.2) is 11.5 Å². The Balaban J connectivity index is 1.43. The Bertz CT molecular complexity index is 1210. The van der Waals surface area contributed by atoms with Crippen LogP contribution in [-0.4, -0.2) is 17.8 Å². The van der Waals surface area contributed by atoms with Crippen molar-refractivity contribution in [3.8, 4) is 22.6 Å². The summed E-state index contributed by atoms with van der Waals surface area (Å²) in [5.74, 6) is -0.458. The van der Waals surface area contributed by atoms with Gasteiger partial charge in [0.25, 0.3) is 0 Å². The van der Waals surface area contributed by atoms with Crippen LogP contribution in [-0.2, 0) is 16.8 Å². The van der Waals surface area contributed by atoms with Crippen molar-refractivity contribution in [2.45, 2.75) is 31.8 Å². The Morgan fingerprint density at radius 3 is 2.44 bits per heavy atom. The number of ether oxygens (including phenoxy) is 2. The van der Waals surface area contributed by atoms with E-state index in [1.807, 2.05) is 25.1 Å². The van der Waals surface area contributed by atoms with Crippen molar-refractivity contribution in [1.29, 1.82) is 0 Å². The summed E-state index contributed by atoms with van der Waals surface area (Å²) in [4.78, 5) is 13.2. The minimum atomic E-state index is -0.809. The number of halogens is 2. The van der Waals surface area contributed by atoms with Crippen molar-refractivity contribution < 1.29 is 28.2 Å². The number of aliphatic hydroxyl groups is 1. The topological polar surface area (TPSA) is 67.8 Å². The van der Waals surface area contributed by atoms with Crippen molar-refractivity contribution in [2.24, 2.45) is 0 Å². The molecule has 7 heteroatoms. The smallest absolute Gasteiger partial charge is 0.235 e. The number of aryl methyl sites for hydroxylation is 1. The average molecular weight is 437 g/mol. The Labute approximate surface area is 183 Å². The molecule has 1 saturated carbocycles. The maximum absolute atomic E-state index is 14.2. The molecule has 164 valence electrons. The summed E-state index contributed by atoms with van der Waals surface area (Å²) < 4.78 is 39.2. The molecule has 0 radical (unpaired) electrons. The quantitative estimate of drug-likeness (QED) is 0.600. The lowest BCUT2D eigenvalue weighted by atomic mass is 9.94. The average Bonchev–Trinajstić information content (AvgIpc) is 3.45. The molecule has 3 aromatic carbocycles. The van der Waals surface area contributed by atoms with Gasteiger partial charge in [0.05, 0.1) is 12.0 Å². The van der Waals surface area contributed by atoms with Crippen LogP contribution >= 0.6 is 0 Å². The van der Waals surface area contributed by atoms with Crippen LogP contribution in [0.3, 0.4) is 0 Å². The fourth-order valence-electron chi connectivity index (χ4n) is 4.14. The SMILES string of the molecule is Cc1ccc(NC(=O)C2(c3ccc4c(c3)OCO4)CC2)cc1-c1cc(F)c(CO)c(F)c1. The fourth-order valence-corrected chi connectivity index (χ4v) is 4.14. The number of carbonyl (C=O) groups is 1. The van der Waals surface area contributed by atoms with E-state index in [-0.39, 0.29) is 18.3 Å². The van der Waals surface area contributed by atoms with Gasteiger partial charge in [-0.1, -0.05) is 12.1 Å². The highest BCUT2D eigenvalue weighted by Gasteiger charge is 2.51. The van der Waals surface area contributed by atoms with E-state index in [0.29, 0.717) is 28.3 Å². The molecule has 2 N–H and O–H groups in total. The highest BCUT2D eigenvalue weighted by Crippen LogP contribution is 2.51. The molecule has 3 aromatic rings. The lowest BCUT2D eigenvalue weighted by Gasteiger charge is -2.17. The second-order valence-electron chi connectivity index (χ2n) is 8.21. The van der Waals surface area contributed by atoms with Crippen LogP contribution in [0.15, 0.2) is 48.5 Å². The van der Waals surface area contributed by atoms with E-state index in [0.717, 1.165) is 24.0 Å². The molecule has 0 aromatic heterocycles. The second kappa shape index (κ2) is 7.60. The van der Waals surface area contributed by atoms with Crippen LogP contribution in [0.2, 0.25) is 0 Å². The zero-order chi connectivity index (χ0) is 22.5. The van der Waals surface area contributed by atoms with Crippen LogP contribution in [0.1, 0.15) is 29.5 Å². The van der Waals surface area contributed by atoms with E-state index in [1.54, 1.807) is 18.2 Å². The number of rotatable bonds is 5. The largest absolute Gasteiger partial charge is 0.454 e. The molecule has 1 aliphatic carbocycles. The second-order valence-corrected chi connectivity index (χ2v) is 8.21. The maximum Gasteiger partial charge on any atom is 0.235 e. The summed E-state index contributed by atoms with van der Waals surface area (Å²) in [5.41, 5.74) is 2.14.